The number of morpholine rings is 1. The number of carbonyl (C=O) groups excluding carboxylic acids is 1. The number of fused-ring (bicyclic) bond motifs is 1. The third-order valence-corrected chi connectivity index (χ3v) is 4.83. The predicted octanol–water partition coefficient (Wildman–Crippen LogP) is 3.46. The lowest BCUT2D eigenvalue weighted by Crippen LogP contribution is -2.48. The first-order valence-electron chi connectivity index (χ1n) is 8.88. The third-order valence-electron chi connectivity index (χ3n) is 4.83. The number of anilines is 1. The van der Waals surface area contributed by atoms with Crippen LogP contribution in [-0.4, -0.2) is 41.3 Å². The summed E-state index contributed by atoms with van der Waals surface area (Å²) in [6.45, 7) is 3.58. The van der Waals surface area contributed by atoms with Gasteiger partial charge in [-0.3, -0.25) is 4.79 Å². The lowest BCUT2D eigenvalue weighted by molar-refractivity contribution is -0.120. The first kappa shape index (κ1) is 23.1. The first-order chi connectivity index (χ1) is 13.0. The molecule has 1 amide bonds. The first-order valence-corrected chi connectivity index (χ1v) is 8.88. The van der Waals surface area contributed by atoms with Gasteiger partial charge in [-0.05, 0) is 30.7 Å². The molecule has 0 spiro atoms. The maximum Gasteiger partial charge on any atom is 0.243 e. The Morgan fingerprint density at radius 1 is 1.28 bits per heavy atom. The molecule has 4 rings (SSSR count). The fourth-order valence-electron chi connectivity index (χ4n) is 3.28. The second-order valence-electron chi connectivity index (χ2n) is 6.73. The van der Waals surface area contributed by atoms with E-state index in [1.807, 2.05) is 36.7 Å². The van der Waals surface area contributed by atoms with Crippen LogP contribution in [0.3, 0.4) is 0 Å². The zero-order chi connectivity index (χ0) is 19.0. The van der Waals surface area contributed by atoms with Crippen molar-refractivity contribution in [3.63, 3.8) is 0 Å². The zero-order valence-corrected chi connectivity index (χ0v) is 17.7. The number of benzene rings is 2. The van der Waals surface area contributed by atoms with Gasteiger partial charge >= 0.3 is 0 Å². The minimum absolute atomic E-state index is 0. The Hall–Kier alpha value is -2.19. The number of halogens is 3. The Kier molecular flexibility index (Phi) is 7.60. The minimum Gasteiger partial charge on any atom is -0.378 e. The maximum absolute atomic E-state index is 13.5. The molecule has 0 bridgehead atoms. The van der Waals surface area contributed by atoms with Gasteiger partial charge < -0.3 is 19.9 Å². The Bertz CT molecular complexity index is 1020. The van der Waals surface area contributed by atoms with Crippen LogP contribution in [0.25, 0.3) is 22.4 Å². The summed E-state index contributed by atoms with van der Waals surface area (Å²) in [7, 11) is 1.89. The Morgan fingerprint density at radius 2 is 2.07 bits per heavy atom. The van der Waals surface area contributed by atoms with E-state index in [2.05, 4.69) is 15.6 Å². The molecule has 29 heavy (non-hydrogen) atoms. The number of amides is 1. The normalized spacial score (nSPS) is 16.0. The Morgan fingerprint density at radius 3 is 2.79 bits per heavy atom. The van der Waals surface area contributed by atoms with Crippen molar-refractivity contribution in [2.24, 2.45) is 7.05 Å². The topological polar surface area (TPSA) is 68.2 Å². The molecule has 0 radical (unpaired) electrons. The van der Waals surface area contributed by atoms with E-state index < -0.39 is 0 Å². The van der Waals surface area contributed by atoms with E-state index in [0.29, 0.717) is 31.1 Å². The number of rotatable bonds is 3. The highest BCUT2D eigenvalue weighted by Crippen LogP contribution is 2.28. The van der Waals surface area contributed by atoms with Crippen LogP contribution < -0.4 is 10.6 Å². The molecule has 1 unspecified atom stereocenters. The summed E-state index contributed by atoms with van der Waals surface area (Å²) in [4.78, 5) is 17.1. The largest absolute Gasteiger partial charge is 0.378 e. The number of nitrogens with one attached hydrogen (secondary N) is 2. The zero-order valence-electron chi connectivity index (χ0n) is 16.1. The fourth-order valence-corrected chi connectivity index (χ4v) is 3.28. The van der Waals surface area contributed by atoms with E-state index in [1.165, 1.54) is 12.1 Å². The van der Waals surface area contributed by atoms with Crippen molar-refractivity contribution < 1.29 is 13.9 Å². The van der Waals surface area contributed by atoms with Crippen LogP contribution in [-0.2, 0) is 16.6 Å². The summed E-state index contributed by atoms with van der Waals surface area (Å²) < 4.78 is 20.8. The second kappa shape index (κ2) is 9.54. The summed E-state index contributed by atoms with van der Waals surface area (Å²) in [5.74, 6) is 0.276. The number of aryl methyl sites for hydroxylation is 2. The third kappa shape index (κ3) is 4.70. The average Bonchev–Trinajstić information content (AvgIpc) is 3.00. The van der Waals surface area contributed by atoms with E-state index in [0.717, 1.165) is 22.3 Å². The van der Waals surface area contributed by atoms with Crippen LogP contribution in [0.15, 0.2) is 36.4 Å². The van der Waals surface area contributed by atoms with Crippen LogP contribution in [0.4, 0.5) is 10.1 Å². The molecule has 1 aliphatic heterocycles. The van der Waals surface area contributed by atoms with Gasteiger partial charge in [0.2, 0.25) is 5.91 Å². The van der Waals surface area contributed by atoms with Crippen molar-refractivity contribution in [3.8, 4) is 11.4 Å². The molecule has 6 nitrogen and oxygen atoms in total. The molecular weight excluding hydrogens is 418 g/mol. The van der Waals surface area contributed by atoms with Crippen LogP contribution in [0.1, 0.15) is 5.56 Å². The van der Waals surface area contributed by atoms with Crippen LogP contribution >= 0.6 is 24.8 Å². The molecule has 1 aliphatic rings. The quantitative estimate of drug-likeness (QED) is 0.654. The van der Waals surface area contributed by atoms with Crippen molar-refractivity contribution in [1.29, 1.82) is 0 Å². The smallest absolute Gasteiger partial charge is 0.243 e. The van der Waals surface area contributed by atoms with E-state index in [-0.39, 0.29) is 42.6 Å². The van der Waals surface area contributed by atoms with E-state index in [1.54, 1.807) is 6.07 Å². The molecule has 0 aliphatic carbocycles. The molecule has 1 fully saturated rings. The van der Waals surface area contributed by atoms with Crippen LogP contribution in [0.2, 0.25) is 0 Å². The molecule has 156 valence electrons. The van der Waals surface area contributed by atoms with Crippen molar-refractivity contribution in [2.45, 2.75) is 13.0 Å². The number of imidazole rings is 1. The molecule has 2 N–H and O–H groups in total. The summed E-state index contributed by atoms with van der Waals surface area (Å²) >= 11 is 0. The van der Waals surface area contributed by atoms with Gasteiger partial charge in [0.1, 0.15) is 17.7 Å². The highest BCUT2D eigenvalue weighted by molar-refractivity contribution is 5.96. The van der Waals surface area contributed by atoms with Crippen molar-refractivity contribution in [1.82, 2.24) is 14.9 Å². The van der Waals surface area contributed by atoms with Gasteiger partial charge in [0.05, 0.1) is 24.2 Å². The Balaban J connectivity index is 0.00000150. The number of aromatic nitrogens is 2. The van der Waals surface area contributed by atoms with Gasteiger partial charge in [-0.25, -0.2) is 9.37 Å². The lowest BCUT2D eigenvalue weighted by Gasteiger charge is -2.23. The van der Waals surface area contributed by atoms with Crippen molar-refractivity contribution in [3.05, 3.63) is 47.8 Å². The summed E-state index contributed by atoms with van der Waals surface area (Å²) in [5, 5.41) is 6.12. The molecule has 2 heterocycles. The van der Waals surface area contributed by atoms with Gasteiger partial charge in [-0.15, -0.1) is 24.8 Å². The molecule has 2 aromatic carbocycles. The van der Waals surface area contributed by atoms with Gasteiger partial charge in [0.25, 0.3) is 0 Å². The number of carbonyl (C=O) groups is 1. The molecule has 9 heteroatoms. The van der Waals surface area contributed by atoms with Crippen molar-refractivity contribution in [2.75, 3.05) is 25.1 Å². The Labute approximate surface area is 180 Å². The van der Waals surface area contributed by atoms with Gasteiger partial charge in [0, 0.05) is 30.9 Å². The number of hydrogen-bond donors (Lipinski definition) is 2. The summed E-state index contributed by atoms with van der Waals surface area (Å²) in [6.07, 6.45) is 0. The van der Waals surface area contributed by atoms with E-state index in [9.17, 15) is 9.18 Å². The maximum atomic E-state index is 13.5. The van der Waals surface area contributed by atoms with Crippen molar-refractivity contribution >= 4 is 47.4 Å². The summed E-state index contributed by atoms with van der Waals surface area (Å²) in [6, 6.07) is 9.99. The molecule has 1 aromatic heterocycles. The highest BCUT2D eigenvalue weighted by Gasteiger charge is 2.22. The SMILES string of the molecule is Cc1ccc(-c2nc3cc(F)ccc3n2C)cc1NC(=O)C1COCCN1.Cl.Cl. The van der Waals surface area contributed by atoms with E-state index in [4.69, 9.17) is 4.74 Å². The fraction of sp³-hybridized carbons (Fsp3) is 0.300. The lowest BCUT2D eigenvalue weighted by atomic mass is 10.1. The van der Waals surface area contributed by atoms with Gasteiger partial charge in [0.15, 0.2) is 0 Å². The van der Waals surface area contributed by atoms with Crippen LogP contribution in [0, 0.1) is 12.7 Å². The van der Waals surface area contributed by atoms with Crippen LogP contribution in [0.5, 0.6) is 0 Å². The van der Waals surface area contributed by atoms with Gasteiger partial charge in [-0.1, -0.05) is 12.1 Å². The minimum atomic E-state index is -0.361. The summed E-state index contributed by atoms with van der Waals surface area (Å²) in [5.41, 5.74) is 3.97. The monoisotopic (exact) mass is 440 g/mol. The molecule has 1 atom stereocenters. The second-order valence-corrected chi connectivity index (χ2v) is 6.73. The molecule has 3 aromatic rings. The standard InChI is InChI=1S/C20H21FN4O2.2ClH/c1-12-3-4-13(9-15(12)24-20(26)17-11-27-8-7-22-17)19-23-16-10-14(21)5-6-18(16)25(19)2;;/h3-6,9-10,17,22H,7-8,11H2,1-2H3,(H,24,26);2*1H. The van der Waals surface area contributed by atoms with E-state index >= 15 is 0 Å². The number of nitrogens with zero attached hydrogens (tertiary/aromatic N) is 2. The molecule has 1 saturated heterocycles. The molecular formula is C20H23Cl2FN4O2. The molecule has 0 saturated carbocycles. The predicted molar refractivity (Wildman–Crippen MR) is 117 cm³/mol. The number of ether oxygens (including phenoxy) is 1. The number of hydrogen-bond acceptors (Lipinski definition) is 4. The average molecular weight is 441 g/mol. The highest BCUT2D eigenvalue weighted by atomic mass is 35.5. The van der Waals surface area contributed by atoms with Gasteiger partial charge in [-0.2, -0.15) is 0 Å².